The summed E-state index contributed by atoms with van der Waals surface area (Å²) in [6, 6.07) is 0.712. The second-order valence-corrected chi connectivity index (χ2v) is 3.38. The molecule has 96 valence electrons. The average molecular weight is 279 g/mol. The number of benzene rings is 1. The molecule has 0 aliphatic heterocycles. The number of hydrogen-bond donors (Lipinski definition) is 1. The van der Waals surface area contributed by atoms with Crippen LogP contribution in [0, 0.1) is 0 Å². The molecular weight excluding hydrogens is 274 g/mol. The molecule has 1 N–H and O–H groups in total. The Morgan fingerprint density at radius 3 is 1.88 bits per heavy atom. The van der Waals surface area contributed by atoms with Gasteiger partial charge in [-0.1, -0.05) is 0 Å². The molecule has 0 saturated heterocycles. The van der Waals surface area contributed by atoms with Crippen molar-refractivity contribution >= 4 is 11.6 Å². The van der Waals surface area contributed by atoms with Crippen LogP contribution < -0.4 is 0 Å². The minimum Gasteiger partial charge on any atom is -0.507 e. The smallest absolute Gasteiger partial charge is 0.420 e. The molecule has 1 aromatic carbocycles. The van der Waals surface area contributed by atoms with E-state index in [0.29, 0.717) is 12.1 Å². The summed E-state index contributed by atoms with van der Waals surface area (Å²) in [6.45, 7) is 0. The molecule has 0 aromatic heterocycles. The molecule has 17 heavy (non-hydrogen) atoms. The molecule has 0 unspecified atom stereocenters. The summed E-state index contributed by atoms with van der Waals surface area (Å²) >= 11 is 5.11. The summed E-state index contributed by atoms with van der Waals surface area (Å²) in [5.74, 6) is -2.28. The van der Waals surface area contributed by atoms with Crippen molar-refractivity contribution in [2.75, 3.05) is 0 Å². The highest BCUT2D eigenvalue weighted by atomic mass is 35.5. The lowest BCUT2D eigenvalue weighted by molar-refractivity contribution is -0.144. The summed E-state index contributed by atoms with van der Waals surface area (Å²) < 4.78 is 74.7. The summed E-state index contributed by atoms with van der Waals surface area (Å²) in [6.07, 6.45) is -10.1. The number of rotatable bonds is 1. The van der Waals surface area contributed by atoms with Crippen molar-refractivity contribution in [2.45, 2.75) is 18.2 Å². The normalized spacial score (nSPS) is 12.9. The largest absolute Gasteiger partial charge is 0.507 e. The fourth-order valence-electron chi connectivity index (χ4n) is 1.36. The quantitative estimate of drug-likeness (QED) is 0.604. The average Bonchev–Trinajstić information content (AvgIpc) is 2.12. The first-order valence-corrected chi connectivity index (χ1v) is 4.67. The van der Waals surface area contributed by atoms with Crippen LogP contribution in [-0.4, -0.2) is 5.11 Å². The fraction of sp³-hybridized carbons (Fsp3) is 0.333. The number of phenols is 1. The van der Waals surface area contributed by atoms with Gasteiger partial charge in [0, 0.05) is 5.88 Å². The van der Waals surface area contributed by atoms with E-state index in [4.69, 9.17) is 16.7 Å². The molecule has 1 nitrogen and oxygen atoms in total. The van der Waals surface area contributed by atoms with Gasteiger partial charge < -0.3 is 5.11 Å². The molecule has 0 bridgehead atoms. The molecular formula is C9H5ClF6O. The van der Waals surface area contributed by atoms with E-state index >= 15 is 0 Å². The van der Waals surface area contributed by atoms with Crippen LogP contribution in [0.5, 0.6) is 5.75 Å². The number of halogens is 7. The van der Waals surface area contributed by atoms with Crippen molar-refractivity contribution in [3.05, 3.63) is 28.8 Å². The molecule has 0 saturated carbocycles. The molecule has 8 heteroatoms. The summed E-state index contributed by atoms with van der Waals surface area (Å²) in [5.41, 5.74) is -4.42. The van der Waals surface area contributed by atoms with Crippen LogP contribution in [0.3, 0.4) is 0 Å². The zero-order valence-corrected chi connectivity index (χ0v) is 8.71. The Morgan fingerprint density at radius 1 is 1.00 bits per heavy atom. The van der Waals surface area contributed by atoms with E-state index in [1.54, 1.807) is 0 Å². The van der Waals surface area contributed by atoms with Gasteiger partial charge in [-0.25, -0.2) is 0 Å². The lowest BCUT2D eigenvalue weighted by Crippen LogP contribution is -2.15. The van der Waals surface area contributed by atoms with Gasteiger partial charge in [0.05, 0.1) is 5.56 Å². The maximum atomic E-state index is 12.5. The molecule has 1 aromatic rings. The standard InChI is InChI=1S/C9H5ClF6O/c10-3-4-5(8(11,12)13)1-2-6(17)7(4)9(14,15)16/h1-2,17H,3H2. The van der Waals surface area contributed by atoms with Crippen LogP contribution in [0.15, 0.2) is 12.1 Å². The molecule has 0 spiro atoms. The van der Waals surface area contributed by atoms with Crippen molar-refractivity contribution in [3.63, 3.8) is 0 Å². The number of hydrogen-bond acceptors (Lipinski definition) is 1. The predicted molar refractivity (Wildman–Crippen MR) is 47.7 cm³/mol. The zero-order valence-electron chi connectivity index (χ0n) is 7.95. The van der Waals surface area contributed by atoms with Gasteiger partial charge in [-0.2, -0.15) is 26.3 Å². The SMILES string of the molecule is Oc1ccc(C(F)(F)F)c(CCl)c1C(F)(F)F. The topological polar surface area (TPSA) is 20.2 Å². The summed E-state index contributed by atoms with van der Waals surface area (Å²) in [7, 11) is 0. The van der Waals surface area contributed by atoms with Crippen LogP contribution in [0.2, 0.25) is 0 Å². The minimum atomic E-state index is -5.10. The van der Waals surface area contributed by atoms with Crippen LogP contribution in [0.4, 0.5) is 26.3 Å². The Hall–Kier alpha value is -1.11. The first-order valence-electron chi connectivity index (χ1n) is 4.14. The van der Waals surface area contributed by atoms with Gasteiger partial charge in [-0.3, -0.25) is 0 Å². The van der Waals surface area contributed by atoms with Crippen LogP contribution >= 0.6 is 11.6 Å². The van der Waals surface area contributed by atoms with Crippen molar-refractivity contribution in [3.8, 4) is 5.75 Å². The highest BCUT2D eigenvalue weighted by Crippen LogP contribution is 2.44. The van der Waals surface area contributed by atoms with Gasteiger partial charge in [-0.15, -0.1) is 11.6 Å². The van der Waals surface area contributed by atoms with E-state index in [2.05, 4.69) is 0 Å². The van der Waals surface area contributed by atoms with Gasteiger partial charge in [0.15, 0.2) is 0 Å². The molecule has 1 rings (SSSR count). The second kappa shape index (κ2) is 4.29. The molecule has 0 aliphatic rings. The monoisotopic (exact) mass is 278 g/mol. The van der Waals surface area contributed by atoms with Gasteiger partial charge in [0.25, 0.3) is 0 Å². The first-order chi connectivity index (χ1) is 7.59. The van der Waals surface area contributed by atoms with E-state index in [9.17, 15) is 26.3 Å². The molecule has 0 aliphatic carbocycles. The van der Waals surface area contributed by atoms with E-state index in [1.165, 1.54) is 0 Å². The predicted octanol–water partition coefficient (Wildman–Crippen LogP) is 4.17. The lowest BCUT2D eigenvalue weighted by atomic mass is 10.0. The number of phenolic OH excluding ortho intramolecular Hbond substituents is 1. The first kappa shape index (κ1) is 14.0. The molecule has 0 atom stereocenters. The molecule has 0 amide bonds. The number of aromatic hydroxyl groups is 1. The van der Waals surface area contributed by atoms with E-state index < -0.39 is 40.7 Å². The van der Waals surface area contributed by atoms with Crippen LogP contribution in [0.1, 0.15) is 16.7 Å². The maximum Gasteiger partial charge on any atom is 0.420 e. The van der Waals surface area contributed by atoms with Gasteiger partial charge in [0.2, 0.25) is 0 Å². The van der Waals surface area contributed by atoms with Crippen LogP contribution in [-0.2, 0) is 18.2 Å². The maximum absolute atomic E-state index is 12.5. The van der Waals surface area contributed by atoms with Crippen molar-refractivity contribution < 1.29 is 31.4 Å². The Labute approximate surface area is 96.6 Å². The van der Waals surface area contributed by atoms with Gasteiger partial charge >= 0.3 is 12.4 Å². The highest BCUT2D eigenvalue weighted by Gasteiger charge is 2.42. The van der Waals surface area contributed by atoms with Gasteiger partial charge in [0.1, 0.15) is 11.3 Å². The summed E-state index contributed by atoms with van der Waals surface area (Å²) in [5, 5.41) is 9.00. The number of alkyl halides is 7. The third kappa shape index (κ3) is 2.77. The lowest BCUT2D eigenvalue weighted by Gasteiger charge is -2.18. The van der Waals surface area contributed by atoms with Crippen molar-refractivity contribution in [1.82, 2.24) is 0 Å². The fourth-order valence-corrected chi connectivity index (χ4v) is 1.63. The molecule has 0 heterocycles. The van der Waals surface area contributed by atoms with E-state index in [-0.39, 0.29) is 0 Å². The minimum absolute atomic E-state index is 0.349. The molecule has 0 fully saturated rings. The Kier molecular flexibility index (Phi) is 3.52. The van der Waals surface area contributed by atoms with E-state index in [0.717, 1.165) is 0 Å². The van der Waals surface area contributed by atoms with E-state index in [1.807, 2.05) is 0 Å². The van der Waals surface area contributed by atoms with Gasteiger partial charge in [-0.05, 0) is 17.7 Å². The third-order valence-electron chi connectivity index (χ3n) is 2.01. The van der Waals surface area contributed by atoms with Crippen molar-refractivity contribution in [2.24, 2.45) is 0 Å². The highest BCUT2D eigenvalue weighted by molar-refractivity contribution is 6.17. The Bertz CT molecular complexity index is 423. The second-order valence-electron chi connectivity index (χ2n) is 3.11. The summed E-state index contributed by atoms with van der Waals surface area (Å²) in [4.78, 5) is 0. The third-order valence-corrected chi connectivity index (χ3v) is 2.28. The molecule has 0 radical (unpaired) electrons. The van der Waals surface area contributed by atoms with Crippen LogP contribution in [0.25, 0.3) is 0 Å². The zero-order chi connectivity index (χ0) is 13.4. The van der Waals surface area contributed by atoms with Crippen molar-refractivity contribution in [1.29, 1.82) is 0 Å². The Morgan fingerprint density at radius 2 is 1.53 bits per heavy atom. The Balaban J connectivity index is 3.60.